The van der Waals surface area contributed by atoms with Crippen LogP contribution in [0.1, 0.15) is 39.0 Å². The Kier molecular flexibility index (Phi) is 8.32. The molecule has 172 valence electrons. The van der Waals surface area contributed by atoms with E-state index in [0.717, 1.165) is 17.7 Å². The average molecular weight is 461 g/mol. The fourth-order valence-electron chi connectivity index (χ4n) is 3.87. The quantitative estimate of drug-likeness (QED) is 0.336. The van der Waals surface area contributed by atoms with Crippen LogP contribution in [-0.2, 0) is 14.4 Å². The summed E-state index contributed by atoms with van der Waals surface area (Å²) < 4.78 is 0. The number of anilines is 1. The third-order valence-electron chi connectivity index (χ3n) is 5.59. The van der Waals surface area contributed by atoms with Crippen molar-refractivity contribution in [2.75, 3.05) is 11.9 Å². The van der Waals surface area contributed by atoms with E-state index in [1.54, 1.807) is 0 Å². The van der Waals surface area contributed by atoms with Crippen LogP contribution in [0.25, 0.3) is 11.3 Å². The second-order valence-corrected chi connectivity index (χ2v) is 8.61. The maximum Gasteiger partial charge on any atom is 0.272 e. The molecule has 1 aliphatic heterocycles. The third kappa shape index (κ3) is 5.50. The lowest BCUT2D eigenvalue weighted by molar-refractivity contribution is -0.152. The summed E-state index contributed by atoms with van der Waals surface area (Å²) in [5, 5.41) is 24.2. The molecule has 0 unspecified atom stereocenters. The van der Waals surface area contributed by atoms with Gasteiger partial charge >= 0.3 is 0 Å². The number of nitrogens with one attached hydrogen (secondary N) is 2. The van der Waals surface area contributed by atoms with Crippen molar-refractivity contribution in [1.29, 1.82) is 0 Å². The first kappa shape index (κ1) is 23.8. The van der Waals surface area contributed by atoms with Crippen molar-refractivity contribution in [3.63, 3.8) is 0 Å². The molecular formula is C22H28N4O5S. The smallest absolute Gasteiger partial charge is 0.272 e. The van der Waals surface area contributed by atoms with Gasteiger partial charge in [-0.2, -0.15) is 0 Å². The van der Waals surface area contributed by atoms with Gasteiger partial charge in [0.05, 0.1) is 11.6 Å². The van der Waals surface area contributed by atoms with Gasteiger partial charge in [0.15, 0.2) is 5.13 Å². The van der Waals surface area contributed by atoms with E-state index in [4.69, 9.17) is 5.21 Å². The molecule has 9 nitrogen and oxygen atoms in total. The van der Waals surface area contributed by atoms with Crippen molar-refractivity contribution in [1.82, 2.24) is 15.4 Å². The standard InChI is InChI=1S/C22H28N4O5S/c1-2-3-10-15(18(27)20(29)25-31)21(30)26-12-7-11-17(26)19(28)24-22-23-16(13-32-22)14-8-5-4-6-9-14/h4-6,8-9,13,15,17-18,27,31H,2-3,7,10-12H2,1H3,(H,25,29)(H,23,24,28)/t15-,17+,18+/m1/s1. The number of aliphatic hydroxyl groups is 1. The van der Waals surface area contributed by atoms with Crippen LogP contribution < -0.4 is 10.8 Å². The Morgan fingerprint density at radius 3 is 2.72 bits per heavy atom. The molecule has 3 atom stereocenters. The summed E-state index contributed by atoms with van der Waals surface area (Å²) in [5.41, 5.74) is 3.10. The molecule has 4 N–H and O–H groups in total. The number of thiazole rings is 1. The number of aliphatic hydroxyl groups excluding tert-OH is 1. The summed E-state index contributed by atoms with van der Waals surface area (Å²) in [5.74, 6) is -2.87. The summed E-state index contributed by atoms with van der Waals surface area (Å²) in [6, 6.07) is 8.90. The third-order valence-corrected chi connectivity index (χ3v) is 6.35. The number of amides is 3. The Labute approximate surface area is 190 Å². The van der Waals surface area contributed by atoms with Crippen molar-refractivity contribution in [3.8, 4) is 11.3 Å². The van der Waals surface area contributed by atoms with Crippen molar-refractivity contribution in [2.45, 2.75) is 51.2 Å². The molecular weight excluding hydrogens is 432 g/mol. The zero-order valence-corrected chi connectivity index (χ0v) is 18.7. The van der Waals surface area contributed by atoms with Gasteiger partial charge in [-0.3, -0.25) is 19.6 Å². The van der Waals surface area contributed by atoms with Gasteiger partial charge in [0.1, 0.15) is 12.1 Å². The van der Waals surface area contributed by atoms with E-state index in [2.05, 4.69) is 10.3 Å². The first-order valence-corrected chi connectivity index (χ1v) is 11.6. The van der Waals surface area contributed by atoms with Gasteiger partial charge in [-0.25, -0.2) is 10.5 Å². The summed E-state index contributed by atoms with van der Waals surface area (Å²) in [6.45, 7) is 2.30. The highest BCUT2D eigenvalue weighted by molar-refractivity contribution is 7.14. The van der Waals surface area contributed by atoms with Crippen LogP contribution in [0, 0.1) is 5.92 Å². The highest BCUT2D eigenvalue weighted by Crippen LogP contribution is 2.28. The normalized spacial score (nSPS) is 17.6. The molecule has 3 rings (SSSR count). The van der Waals surface area contributed by atoms with Gasteiger partial charge in [0.25, 0.3) is 5.91 Å². The second-order valence-electron chi connectivity index (χ2n) is 7.75. The minimum Gasteiger partial charge on any atom is -0.382 e. The minimum absolute atomic E-state index is 0.279. The number of carbonyl (C=O) groups excluding carboxylic acids is 3. The lowest BCUT2D eigenvalue weighted by Crippen LogP contribution is -2.50. The molecule has 2 heterocycles. The number of aromatic nitrogens is 1. The number of rotatable bonds is 9. The number of nitrogens with zero attached hydrogens (tertiary/aromatic N) is 2. The van der Waals surface area contributed by atoms with Crippen molar-refractivity contribution >= 4 is 34.2 Å². The highest BCUT2D eigenvalue weighted by Gasteiger charge is 2.41. The van der Waals surface area contributed by atoms with Crippen LogP contribution in [0.5, 0.6) is 0 Å². The molecule has 1 saturated heterocycles. The largest absolute Gasteiger partial charge is 0.382 e. The molecule has 0 radical (unpaired) electrons. The van der Waals surface area contributed by atoms with Gasteiger partial charge < -0.3 is 15.3 Å². The molecule has 1 aromatic heterocycles. The predicted molar refractivity (Wildman–Crippen MR) is 120 cm³/mol. The Morgan fingerprint density at radius 2 is 2.03 bits per heavy atom. The summed E-state index contributed by atoms with van der Waals surface area (Å²) in [4.78, 5) is 43.8. The van der Waals surface area contributed by atoms with E-state index < -0.39 is 29.9 Å². The molecule has 0 saturated carbocycles. The molecule has 0 spiro atoms. The van der Waals surface area contributed by atoms with Gasteiger partial charge in [0.2, 0.25) is 11.8 Å². The second kappa shape index (κ2) is 11.2. The molecule has 1 aliphatic rings. The fraction of sp³-hybridized carbons (Fsp3) is 0.455. The topological polar surface area (TPSA) is 132 Å². The van der Waals surface area contributed by atoms with Crippen LogP contribution in [0.2, 0.25) is 0 Å². The number of hydrogen-bond donors (Lipinski definition) is 4. The Bertz CT molecular complexity index is 935. The summed E-state index contributed by atoms with van der Waals surface area (Å²) in [7, 11) is 0. The minimum atomic E-state index is -1.68. The number of carbonyl (C=O) groups is 3. The van der Waals surface area contributed by atoms with E-state index in [1.165, 1.54) is 21.7 Å². The van der Waals surface area contributed by atoms with E-state index in [1.807, 2.05) is 42.6 Å². The van der Waals surface area contributed by atoms with Crippen molar-refractivity contribution in [2.24, 2.45) is 5.92 Å². The molecule has 3 amide bonds. The number of hydroxylamine groups is 1. The van der Waals surface area contributed by atoms with Gasteiger partial charge in [-0.05, 0) is 19.3 Å². The van der Waals surface area contributed by atoms with Crippen molar-refractivity contribution < 1.29 is 24.7 Å². The number of hydrogen-bond acceptors (Lipinski definition) is 7. The van der Waals surface area contributed by atoms with Gasteiger partial charge in [-0.1, -0.05) is 50.1 Å². The Hall–Kier alpha value is -2.82. The van der Waals surface area contributed by atoms with Crippen LogP contribution in [0.15, 0.2) is 35.7 Å². The molecule has 10 heteroatoms. The summed E-state index contributed by atoms with van der Waals surface area (Å²) in [6.07, 6.45) is 1.11. The van der Waals surface area contributed by atoms with Gasteiger partial charge in [-0.15, -0.1) is 11.3 Å². The lowest BCUT2D eigenvalue weighted by Gasteiger charge is -2.29. The average Bonchev–Trinajstić information content (AvgIpc) is 3.49. The molecule has 32 heavy (non-hydrogen) atoms. The molecule has 0 bridgehead atoms. The molecule has 0 aliphatic carbocycles. The monoisotopic (exact) mass is 460 g/mol. The number of benzene rings is 1. The maximum absolute atomic E-state index is 13.2. The Morgan fingerprint density at radius 1 is 1.28 bits per heavy atom. The molecule has 2 aromatic rings. The van der Waals surface area contributed by atoms with E-state index >= 15 is 0 Å². The zero-order valence-electron chi connectivity index (χ0n) is 17.9. The fourth-order valence-corrected chi connectivity index (χ4v) is 4.59. The first-order chi connectivity index (χ1) is 15.5. The first-order valence-electron chi connectivity index (χ1n) is 10.7. The zero-order chi connectivity index (χ0) is 23.1. The maximum atomic E-state index is 13.2. The van der Waals surface area contributed by atoms with E-state index in [0.29, 0.717) is 30.9 Å². The van der Waals surface area contributed by atoms with E-state index in [9.17, 15) is 19.5 Å². The van der Waals surface area contributed by atoms with Gasteiger partial charge in [0, 0.05) is 17.5 Å². The SMILES string of the molecule is CCCC[C@@H](C(=O)N1CCC[C@H]1C(=O)Nc1nc(-c2ccccc2)cs1)[C@H](O)C(=O)NO. The predicted octanol–water partition coefficient (Wildman–Crippen LogP) is 2.41. The number of likely N-dealkylation sites (tertiary alicyclic amines) is 1. The van der Waals surface area contributed by atoms with Crippen LogP contribution in [-0.4, -0.2) is 56.6 Å². The number of unbranched alkanes of at least 4 members (excludes halogenated alkanes) is 1. The van der Waals surface area contributed by atoms with E-state index in [-0.39, 0.29) is 12.3 Å². The Balaban J connectivity index is 1.70. The highest BCUT2D eigenvalue weighted by atomic mass is 32.1. The molecule has 1 aromatic carbocycles. The van der Waals surface area contributed by atoms with Crippen LogP contribution in [0.3, 0.4) is 0 Å². The molecule has 1 fully saturated rings. The van der Waals surface area contributed by atoms with Crippen LogP contribution >= 0.6 is 11.3 Å². The van der Waals surface area contributed by atoms with Crippen LogP contribution in [0.4, 0.5) is 5.13 Å². The van der Waals surface area contributed by atoms with Crippen molar-refractivity contribution in [3.05, 3.63) is 35.7 Å². The lowest BCUT2D eigenvalue weighted by atomic mass is 9.93. The summed E-state index contributed by atoms with van der Waals surface area (Å²) >= 11 is 1.30.